The number of H-pyrrole nitrogens is 1. The Bertz CT molecular complexity index is 521. The summed E-state index contributed by atoms with van der Waals surface area (Å²) >= 11 is 0. The molecule has 2 heterocycles. The number of aromatic amines is 1. The lowest BCUT2D eigenvalue weighted by molar-refractivity contribution is 0.411. The summed E-state index contributed by atoms with van der Waals surface area (Å²) < 4.78 is 1.46. The van der Waals surface area contributed by atoms with Crippen LogP contribution in [-0.2, 0) is 0 Å². The summed E-state index contributed by atoms with van der Waals surface area (Å²) in [6.45, 7) is 0. The van der Waals surface area contributed by atoms with Crippen molar-refractivity contribution in [3.8, 4) is 0 Å². The molecule has 0 amide bonds. The minimum atomic E-state index is -0.0121. The number of aromatic nitrogens is 3. The first-order chi connectivity index (χ1) is 6.84. The van der Waals surface area contributed by atoms with E-state index in [4.69, 9.17) is 0 Å². The van der Waals surface area contributed by atoms with Crippen LogP contribution in [0.25, 0.3) is 5.65 Å². The van der Waals surface area contributed by atoms with E-state index in [9.17, 15) is 4.79 Å². The second kappa shape index (κ2) is 2.70. The van der Waals surface area contributed by atoms with E-state index in [1.165, 1.54) is 23.8 Å². The first kappa shape index (κ1) is 7.79. The number of hydrogen-bond acceptors (Lipinski definition) is 2. The van der Waals surface area contributed by atoms with Crippen molar-refractivity contribution in [1.29, 1.82) is 0 Å². The fourth-order valence-corrected chi connectivity index (χ4v) is 1.86. The van der Waals surface area contributed by atoms with Gasteiger partial charge >= 0.3 is 0 Å². The lowest BCUT2D eigenvalue weighted by atomic mass is 9.83. The highest BCUT2D eigenvalue weighted by Crippen LogP contribution is 2.34. The molecule has 2 aromatic heterocycles. The van der Waals surface area contributed by atoms with E-state index in [-0.39, 0.29) is 5.56 Å². The molecule has 2 aromatic rings. The van der Waals surface area contributed by atoms with Crippen LogP contribution in [0.1, 0.15) is 30.9 Å². The van der Waals surface area contributed by atoms with E-state index in [1.807, 2.05) is 6.07 Å². The monoisotopic (exact) mass is 189 g/mol. The summed E-state index contributed by atoms with van der Waals surface area (Å²) in [5.74, 6) is 0.516. The van der Waals surface area contributed by atoms with Gasteiger partial charge in [0.1, 0.15) is 0 Å². The van der Waals surface area contributed by atoms with Crippen LogP contribution in [-0.4, -0.2) is 14.6 Å². The van der Waals surface area contributed by atoms with Crippen LogP contribution in [0.2, 0.25) is 0 Å². The Labute approximate surface area is 80.6 Å². The van der Waals surface area contributed by atoms with Gasteiger partial charge in [-0.2, -0.15) is 0 Å². The maximum Gasteiger partial charge on any atom is 0.272 e. The first-order valence-corrected chi connectivity index (χ1v) is 4.92. The van der Waals surface area contributed by atoms with Crippen molar-refractivity contribution in [3.05, 3.63) is 34.4 Å². The predicted molar refractivity (Wildman–Crippen MR) is 52.4 cm³/mol. The molecular formula is C10H11N3O. The number of fused-ring (bicyclic) bond motifs is 1. The fourth-order valence-electron chi connectivity index (χ4n) is 1.86. The van der Waals surface area contributed by atoms with E-state index < -0.39 is 0 Å². The van der Waals surface area contributed by atoms with Gasteiger partial charge < -0.3 is 0 Å². The third-order valence-electron chi connectivity index (χ3n) is 2.92. The molecule has 14 heavy (non-hydrogen) atoms. The molecule has 0 bridgehead atoms. The van der Waals surface area contributed by atoms with Gasteiger partial charge in [0.05, 0.1) is 5.69 Å². The Kier molecular flexibility index (Phi) is 1.50. The summed E-state index contributed by atoms with van der Waals surface area (Å²) in [5.41, 5.74) is 1.67. The van der Waals surface area contributed by atoms with Crippen molar-refractivity contribution in [3.63, 3.8) is 0 Å². The maximum absolute atomic E-state index is 11.6. The summed E-state index contributed by atoms with van der Waals surface area (Å²) in [7, 11) is 0. The molecule has 72 valence electrons. The molecule has 3 rings (SSSR count). The molecule has 0 spiro atoms. The van der Waals surface area contributed by atoms with Crippen molar-refractivity contribution in [2.24, 2.45) is 0 Å². The summed E-state index contributed by atoms with van der Waals surface area (Å²) in [5, 5.41) is 2.83. The zero-order valence-electron chi connectivity index (χ0n) is 7.73. The quantitative estimate of drug-likeness (QED) is 0.734. The lowest BCUT2D eigenvalue weighted by Gasteiger charge is -2.24. The van der Waals surface area contributed by atoms with Crippen molar-refractivity contribution in [2.75, 3.05) is 0 Å². The van der Waals surface area contributed by atoms with Gasteiger partial charge in [0.15, 0.2) is 5.65 Å². The minimum absolute atomic E-state index is 0.0121. The fraction of sp³-hybridized carbons (Fsp3) is 0.400. The molecular weight excluding hydrogens is 178 g/mol. The standard InChI is InChI=1S/C10H11N3O/c14-10-6-8(7-2-1-3-7)12-9-4-5-11-13(9)10/h4-7,11H,1-3H2. The van der Waals surface area contributed by atoms with Gasteiger partial charge in [-0.15, -0.1) is 0 Å². The molecule has 0 aliphatic heterocycles. The number of nitrogens with one attached hydrogen (secondary N) is 1. The molecule has 1 N–H and O–H groups in total. The zero-order valence-corrected chi connectivity index (χ0v) is 7.73. The molecule has 1 aliphatic carbocycles. The Morgan fingerprint density at radius 3 is 3.07 bits per heavy atom. The van der Waals surface area contributed by atoms with Gasteiger partial charge in [0.2, 0.25) is 0 Å². The highest BCUT2D eigenvalue weighted by molar-refractivity contribution is 5.37. The van der Waals surface area contributed by atoms with Crippen LogP contribution in [0.4, 0.5) is 0 Å². The van der Waals surface area contributed by atoms with Gasteiger partial charge in [-0.25, -0.2) is 9.50 Å². The van der Waals surface area contributed by atoms with Crippen molar-refractivity contribution >= 4 is 5.65 Å². The first-order valence-electron chi connectivity index (χ1n) is 4.92. The molecule has 1 fully saturated rings. The molecule has 1 saturated carbocycles. The predicted octanol–water partition coefficient (Wildman–Crippen LogP) is 1.29. The average molecular weight is 189 g/mol. The van der Waals surface area contributed by atoms with E-state index in [0.717, 1.165) is 11.3 Å². The Morgan fingerprint density at radius 2 is 2.36 bits per heavy atom. The van der Waals surface area contributed by atoms with Crippen molar-refractivity contribution in [1.82, 2.24) is 14.6 Å². The Balaban J connectivity index is 2.21. The van der Waals surface area contributed by atoms with E-state index >= 15 is 0 Å². The molecule has 1 aliphatic rings. The molecule has 0 unspecified atom stereocenters. The minimum Gasteiger partial charge on any atom is -0.297 e. The van der Waals surface area contributed by atoms with Gasteiger partial charge in [-0.3, -0.25) is 9.89 Å². The van der Waals surface area contributed by atoms with Crippen LogP contribution >= 0.6 is 0 Å². The highest BCUT2D eigenvalue weighted by atomic mass is 16.1. The smallest absolute Gasteiger partial charge is 0.272 e. The lowest BCUT2D eigenvalue weighted by Crippen LogP contribution is -2.19. The molecule has 4 heteroatoms. The van der Waals surface area contributed by atoms with Crippen molar-refractivity contribution in [2.45, 2.75) is 25.2 Å². The van der Waals surface area contributed by atoms with Gasteiger partial charge in [0.25, 0.3) is 5.56 Å². The molecule has 4 nitrogen and oxygen atoms in total. The van der Waals surface area contributed by atoms with Gasteiger partial charge in [0, 0.05) is 24.2 Å². The van der Waals surface area contributed by atoms with E-state index in [2.05, 4.69) is 10.1 Å². The topological polar surface area (TPSA) is 50.2 Å². The normalized spacial score (nSPS) is 17.1. The van der Waals surface area contributed by atoms with Crippen LogP contribution in [0.5, 0.6) is 0 Å². The number of hydrogen-bond donors (Lipinski definition) is 1. The third kappa shape index (κ3) is 0.999. The van der Waals surface area contributed by atoms with Crippen LogP contribution in [0, 0.1) is 0 Å². The van der Waals surface area contributed by atoms with Crippen LogP contribution in [0.3, 0.4) is 0 Å². The van der Waals surface area contributed by atoms with Crippen LogP contribution < -0.4 is 5.56 Å². The van der Waals surface area contributed by atoms with E-state index in [1.54, 1.807) is 12.3 Å². The molecule has 0 aromatic carbocycles. The largest absolute Gasteiger partial charge is 0.297 e. The highest BCUT2D eigenvalue weighted by Gasteiger charge is 2.21. The van der Waals surface area contributed by atoms with Crippen molar-refractivity contribution < 1.29 is 0 Å². The average Bonchev–Trinajstić information content (AvgIpc) is 2.48. The Hall–Kier alpha value is -1.58. The molecule has 0 saturated heterocycles. The molecule has 0 radical (unpaired) electrons. The summed E-state index contributed by atoms with van der Waals surface area (Å²) in [6, 6.07) is 3.47. The van der Waals surface area contributed by atoms with Crippen LogP contribution in [0.15, 0.2) is 23.1 Å². The van der Waals surface area contributed by atoms with E-state index in [0.29, 0.717) is 5.92 Å². The van der Waals surface area contributed by atoms with Gasteiger partial charge in [-0.1, -0.05) is 6.42 Å². The zero-order chi connectivity index (χ0) is 9.54. The summed E-state index contributed by atoms with van der Waals surface area (Å²) in [4.78, 5) is 16.0. The Morgan fingerprint density at radius 1 is 1.50 bits per heavy atom. The summed E-state index contributed by atoms with van der Waals surface area (Å²) in [6.07, 6.45) is 5.34. The number of rotatable bonds is 1. The SMILES string of the molecule is O=c1cc(C2CCC2)nc2cc[nH]n12. The third-order valence-corrected chi connectivity index (χ3v) is 2.92. The van der Waals surface area contributed by atoms with Gasteiger partial charge in [-0.05, 0) is 12.8 Å². The second-order valence-electron chi connectivity index (χ2n) is 3.80. The second-order valence-corrected chi connectivity index (χ2v) is 3.80. The molecule has 0 atom stereocenters. The number of nitrogens with zero attached hydrogens (tertiary/aromatic N) is 2. The maximum atomic E-state index is 11.6.